The molecule has 0 saturated heterocycles. The van der Waals surface area contributed by atoms with Gasteiger partial charge in [-0.05, 0) is 55.4 Å². The zero-order chi connectivity index (χ0) is 13.9. The van der Waals surface area contributed by atoms with E-state index in [9.17, 15) is 4.79 Å². The molecule has 2 aliphatic rings. The lowest BCUT2D eigenvalue weighted by molar-refractivity contribution is 0.0910. The van der Waals surface area contributed by atoms with E-state index in [1.807, 2.05) is 12.1 Å². The molecule has 20 heavy (non-hydrogen) atoms. The lowest BCUT2D eigenvalue weighted by atomic mass is 9.86. The van der Waals surface area contributed by atoms with Crippen LogP contribution in [-0.2, 0) is 6.42 Å². The number of aryl methyl sites for hydroxylation is 1. The Bertz CT molecular complexity index is 498. The largest absolute Gasteiger partial charge is 0.385 e. The maximum Gasteiger partial charge on any atom is 0.251 e. The van der Waals surface area contributed by atoms with Crippen molar-refractivity contribution < 1.29 is 4.79 Å². The number of carbonyl (C=O) groups is 1. The number of hydrogen-bond acceptors (Lipinski definition) is 2. The van der Waals surface area contributed by atoms with Crippen LogP contribution < -0.4 is 10.6 Å². The van der Waals surface area contributed by atoms with Crippen molar-refractivity contribution in [2.24, 2.45) is 5.92 Å². The third kappa shape index (κ3) is 2.82. The lowest BCUT2D eigenvalue weighted by Crippen LogP contribution is -2.41. The molecule has 0 bridgehead atoms. The number of anilines is 1. The van der Waals surface area contributed by atoms with Crippen molar-refractivity contribution in [1.29, 1.82) is 0 Å². The molecule has 2 atom stereocenters. The molecule has 2 N–H and O–H groups in total. The summed E-state index contributed by atoms with van der Waals surface area (Å²) in [6.45, 7) is 3.29. The van der Waals surface area contributed by atoms with Crippen LogP contribution in [0.1, 0.15) is 54.9 Å². The van der Waals surface area contributed by atoms with E-state index in [-0.39, 0.29) is 5.91 Å². The molecular formula is C17H24N2O. The summed E-state index contributed by atoms with van der Waals surface area (Å²) in [5.41, 5.74) is 3.28. The summed E-state index contributed by atoms with van der Waals surface area (Å²) < 4.78 is 0. The second-order valence-corrected chi connectivity index (χ2v) is 6.24. The number of rotatable bonds is 2. The average molecular weight is 272 g/mol. The number of fused-ring (bicyclic) bond motifs is 1. The normalized spacial score (nSPS) is 25.4. The molecule has 0 radical (unpaired) electrons. The smallest absolute Gasteiger partial charge is 0.251 e. The van der Waals surface area contributed by atoms with E-state index in [0.717, 1.165) is 31.4 Å². The van der Waals surface area contributed by atoms with Crippen LogP contribution in [0, 0.1) is 5.92 Å². The van der Waals surface area contributed by atoms with Crippen LogP contribution in [0.4, 0.5) is 5.69 Å². The quantitative estimate of drug-likeness (QED) is 0.867. The molecule has 0 spiro atoms. The van der Waals surface area contributed by atoms with Gasteiger partial charge in [-0.1, -0.05) is 19.8 Å². The van der Waals surface area contributed by atoms with Gasteiger partial charge < -0.3 is 10.6 Å². The predicted molar refractivity (Wildman–Crippen MR) is 82.1 cm³/mol. The van der Waals surface area contributed by atoms with Crippen LogP contribution in [0.25, 0.3) is 0 Å². The average Bonchev–Trinajstić information content (AvgIpc) is 2.49. The minimum atomic E-state index is 0.0946. The number of carbonyl (C=O) groups excluding carboxylic acids is 1. The Morgan fingerprint density at radius 2 is 2.10 bits per heavy atom. The Morgan fingerprint density at radius 1 is 1.25 bits per heavy atom. The molecule has 1 saturated carbocycles. The van der Waals surface area contributed by atoms with Gasteiger partial charge in [0, 0.05) is 23.8 Å². The molecule has 1 fully saturated rings. The molecule has 1 aromatic rings. The fourth-order valence-electron chi connectivity index (χ4n) is 3.40. The number of nitrogens with one attached hydrogen (secondary N) is 2. The van der Waals surface area contributed by atoms with Crippen molar-refractivity contribution in [2.75, 3.05) is 11.9 Å². The van der Waals surface area contributed by atoms with Crippen LogP contribution in [-0.4, -0.2) is 18.5 Å². The summed E-state index contributed by atoms with van der Waals surface area (Å²) in [5, 5.41) is 6.62. The molecule has 3 rings (SSSR count). The van der Waals surface area contributed by atoms with E-state index in [2.05, 4.69) is 23.6 Å². The zero-order valence-electron chi connectivity index (χ0n) is 12.2. The summed E-state index contributed by atoms with van der Waals surface area (Å²) in [7, 11) is 0. The molecule has 1 aromatic carbocycles. The van der Waals surface area contributed by atoms with Gasteiger partial charge in [0.1, 0.15) is 0 Å². The Morgan fingerprint density at radius 3 is 2.95 bits per heavy atom. The van der Waals surface area contributed by atoms with Crippen molar-refractivity contribution in [1.82, 2.24) is 5.32 Å². The molecule has 1 amide bonds. The summed E-state index contributed by atoms with van der Waals surface area (Å²) in [6.07, 6.45) is 7.13. The van der Waals surface area contributed by atoms with Crippen LogP contribution >= 0.6 is 0 Å². The van der Waals surface area contributed by atoms with E-state index in [4.69, 9.17) is 0 Å². The van der Waals surface area contributed by atoms with Gasteiger partial charge in [0.15, 0.2) is 0 Å². The van der Waals surface area contributed by atoms with Gasteiger partial charge in [-0.2, -0.15) is 0 Å². The maximum absolute atomic E-state index is 12.4. The third-order valence-electron chi connectivity index (χ3n) is 4.73. The molecule has 1 aliphatic heterocycles. The van der Waals surface area contributed by atoms with E-state index >= 15 is 0 Å². The van der Waals surface area contributed by atoms with Gasteiger partial charge in [0.25, 0.3) is 5.91 Å². The monoisotopic (exact) mass is 272 g/mol. The van der Waals surface area contributed by atoms with Crippen molar-refractivity contribution in [3.05, 3.63) is 29.3 Å². The summed E-state index contributed by atoms with van der Waals surface area (Å²) >= 11 is 0. The summed E-state index contributed by atoms with van der Waals surface area (Å²) in [6, 6.07) is 6.41. The Hall–Kier alpha value is -1.51. The van der Waals surface area contributed by atoms with Crippen LogP contribution in [0.15, 0.2) is 18.2 Å². The Balaban J connectivity index is 1.70. The van der Waals surface area contributed by atoms with Crippen LogP contribution in [0.5, 0.6) is 0 Å². The van der Waals surface area contributed by atoms with E-state index < -0.39 is 0 Å². The fourth-order valence-corrected chi connectivity index (χ4v) is 3.40. The highest BCUT2D eigenvalue weighted by molar-refractivity contribution is 5.95. The highest BCUT2D eigenvalue weighted by Gasteiger charge is 2.23. The standard InChI is InChI=1S/C17H24N2O/c1-12-5-2-3-7-15(12)19-17(20)14-8-9-16-13(11-14)6-4-10-18-16/h8-9,11-12,15,18H,2-7,10H2,1H3,(H,19,20). The Kier molecular flexibility index (Phi) is 3.95. The first-order valence-corrected chi connectivity index (χ1v) is 7.92. The first-order chi connectivity index (χ1) is 9.74. The van der Waals surface area contributed by atoms with Gasteiger partial charge in [0.2, 0.25) is 0 Å². The topological polar surface area (TPSA) is 41.1 Å². The van der Waals surface area contributed by atoms with Crippen molar-refractivity contribution in [3.63, 3.8) is 0 Å². The summed E-state index contributed by atoms with van der Waals surface area (Å²) in [4.78, 5) is 12.4. The number of hydrogen-bond donors (Lipinski definition) is 2. The van der Waals surface area contributed by atoms with E-state index in [0.29, 0.717) is 12.0 Å². The van der Waals surface area contributed by atoms with Gasteiger partial charge in [-0.3, -0.25) is 4.79 Å². The molecule has 1 aliphatic carbocycles. The molecule has 2 unspecified atom stereocenters. The van der Waals surface area contributed by atoms with Crippen LogP contribution in [0.3, 0.4) is 0 Å². The van der Waals surface area contributed by atoms with Crippen molar-refractivity contribution in [2.45, 2.75) is 51.5 Å². The number of benzene rings is 1. The van der Waals surface area contributed by atoms with Crippen molar-refractivity contribution in [3.8, 4) is 0 Å². The minimum absolute atomic E-state index is 0.0946. The summed E-state index contributed by atoms with van der Waals surface area (Å²) in [5.74, 6) is 0.698. The zero-order valence-corrected chi connectivity index (χ0v) is 12.2. The molecule has 108 valence electrons. The molecule has 0 aromatic heterocycles. The first kappa shape index (κ1) is 13.5. The van der Waals surface area contributed by atoms with Gasteiger partial charge in [-0.25, -0.2) is 0 Å². The van der Waals surface area contributed by atoms with Gasteiger partial charge >= 0.3 is 0 Å². The highest BCUT2D eigenvalue weighted by Crippen LogP contribution is 2.25. The maximum atomic E-state index is 12.4. The molecule has 3 heteroatoms. The first-order valence-electron chi connectivity index (χ1n) is 7.92. The molecule has 3 nitrogen and oxygen atoms in total. The highest BCUT2D eigenvalue weighted by atomic mass is 16.1. The van der Waals surface area contributed by atoms with Gasteiger partial charge in [-0.15, -0.1) is 0 Å². The van der Waals surface area contributed by atoms with E-state index in [1.165, 1.54) is 30.5 Å². The fraction of sp³-hybridized carbons (Fsp3) is 0.588. The predicted octanol–water partition coefficient (Wildman–Crippen LogP) is 3.35. The third-order valence-corrected chi connectivity index (χ3v) is 4.73. The molecular weight excluding hydrogens is 248 g/mol. The second kappa shape index (κ2) is 5.86. The van der Waals surface area contributed by atoms with E-state index in [1.54, 1.807) is 0 Å². The lowest BCUT2D eigenvalue weighted by Gasteiger charge is -2.29. The number of amides is 1. The molecule has 1 heterocycles. The second-order valence-electron chi connectivity index (χ2n) is 6.24. The minimum Gasteiger partial charge on any atom is -0.385 e. The Labute approximate surface area is 121 Å². The van der Waals surface area contributed by atoms with Crippen LogP contribution in [0.2, 0.25) is 0 Å². The van der Waals surface area contributed by atoms with Gasteiger partial charge in [0.05, 0.1) is 0 Å². The SMILES string of the molecule is CC1CCCCC1NC(=O)c1ccc2c(c1)CCCN2. The van der Waals surface area contributed by atoms with Crippen molar-refractivity contribution >= 4 is 11.6 Å².